The molecular weight excluding hydrogens is 503 g/mol. The lowest BCUT2D eigenvalue weighted by molar-refractivity contribution is -0.127. The number of halogens is 1. The molecule has 1 amide bonds. The average molecular weight is 543 g/mol. The maximum atomic E-state index is 12.0. The van der Waals surface area contributed by atoms with Gasteiger partial charge in [-0.1, -0.05) is 25.1 Å². The normalized spacial score (nSPS) is 20.3. The molecule has 1 atom stereocenters. The molecule has 2 N–H and O–H groups in total. The SMILES string of the molecule is CCN1CCCC1CNC(=NCC(=O)N(C)C)NC1CCN(c2ccccc2)CC1.I. The van der Waals surface area contributed by atoms with Gasteiger partial charge in [-0.25, -0.2) is 4.99 Å². The van der Waals surface area contributed by atoms with Crippen molar-refractivity contribution in [2.45, 2.75) is 44.7 Å². The summed E-state index contributed by atoms with van der Waals surface area (Å²) in [6.07, 6.45) is 4.60. The minimum atomic E-state index is 0. The average Bonchev–Trinajstić information content (AvgIpc) is 3.24. The van der Waals surface area contributed by atoms with E-state index in [4.69, 9.17) is 0 Å². The highest BCUT2D eigenvalue weighted by Crippen LogP contribution is 2.19. The standard InChI is InChI=1S/C23H38N6O.HI/c1-4-28-14-8-11-21(28)17-24-23(25-18-22(30)27(2)3)26-19-12-15-29(16-13-19)20-9-6-5-7-10-20;/h5-7,9-10,19,21H,4,8,11-18H2,1-3H3,(H2,24,25,26);1H. The van der Waals surface area contributed by atoms with Gasteiger partial charge in [-0.05, 0) is 50.9 Å². The summed E-state index contributed by atoms with van der Waals surface area (Å²) in [5.74, 6) is 0.789. The van der Waals surface area contributed by atoms with Gasteiger partial charge < -0.3 is 20.4 Å². The summed E-state index contributed by atoms with van der Waals surface area (Å²) in [6, 6.07) is 11.5. The summed E-state index contributed by atoms with van der Waals surface area (Å²) in [5.41, 5.74) is 1.29. The summed E-state index contributed by atoms with van der Waals surface area (Å²) < 4.78 is 0. The number of para-hydroxylation sites is 1. The number of nitrogens with zero attached hydrogens (tertiary/aromatic N) is 4. The quantitative estimate of drug-likeness (QED) is 0.315. The number of benzene rings is 1. The Bertz CT molecular complexity index is 691. The van der Waals surface area contributed by atoms with Crippen LogP contribution in [0.1, 0.15) is 32.6 Å². The number of hydrogen-bond acceptors (Lipinski definition) is 4. The molecule has 0 saturated carbocycles. The van der Waals surface area contributed by atoms with Gasteiger partial charge in [0.2, 0.25) is 5.91 Å². The van der Waals surface area contributed by atoms with Crippen LogP contribution in [0.5, 0.6) is 0 Å². The molecule has 3 rings (SSSR count). The molecule has 8 heteroatoms. The van der Waals surface area contributed by atoms with E-state index in [1.807, 2.05) is 0 Å². The Labute approximate surface area is 204 Å². The molecule has 2 heterocycles. The molecule has 1 aromatic rings. The Balaban J connectivity index is 0.00000341. The number of piperidine rings is 1. The first-order valence-electron chi connectivity index (χ1n) is 11.4. The third kappa shape index (κ3) is 7.82. The Morgan fingerprint density at radius 3 is 2.48 bits per heavy atom. The molecule has 0 bridgehead atoms. The lowest BCUT2D eigenvalue weighted by Gasteiger charge is -2.35. The van der Waals surface area contributed by atoms with Crippen LogP contribution in [0.4, 0.5) is 5.69 Å². The molecule has 1 unspecified atom stereocenters. The molecule has 31 heavy (non-hydrogen) atoms. The zero-order valence-electron chi connectivity index (χ0n) is 19.2. The van der Waals surface area contributed by atoms with E-state index >= 15 is 0 Å². The van der Waals surface area contributed by atoms with Crippen LogP contribution in [-0.2, 0) is 4.79 Å². The van der Waals surface area contributed by atoms with E-state index in [1.54, 1.807) is 19.0 Å². The number of hydrogen-bond donors (Lipinski definition) is 2. The summed E-state index contributed by atoms with van der Waals surface area (Å²) in [5, 5.41) is 7.13. The van der Waals surface area contributed by atoms with Gasteiger partial charge in [0.15, 0.2) is 5.96 Å². The second kappa shape index (κ2) is 13.1. The summed E-state index contributed by atoms with van der Waals surface area (Å²) in [7, 11) is 3.55. The molecular formula is C23H39IN6O. The van der Waals surface area contributed by atoms with Crippen LogP contribution < -0.4 is 15.5 Å². The summed E-state index contributed by atoms with van der Waals surface area (Å²) in [6.45, 7) is 7.59. The summed E-state index contributed by atoms with van der Waals surface area (Å²) >= 11 is 0. The largest absolute Gasteiger partial charge is 0.371 e. The fraction of sp³-hybridized carbons (Fsp3) is 0.652. The number of rotatable bonds is 7. The van der Waals surface area contributed by atoms with Crippen molar-refractivity contribution in [2.75, 3.05) is 58.3 Å². The zero-order valence-corrected chi connectivity index (χ0v) is 21.5. The van der Waals surface area contributed by atoms with Crippen molar-refractivity contribution in [3.05, 3.63) is 30.3 Å². The zero-order chi connectivity index (χ0) is 21.3. The Kier molecular flexibility index (Phi) is 10.9. The van der Waals surface area contributed by atoms with E-state index in [2.05, 4.69) is 62.7 Å². The first-order valence-corrected chi connectivity index (χ1v) is 11.4. The van der Waals surface area contributed by atoms with Gasteiger partial charge >= 0.3 is 0 Å². The highest BCUT2D eigenvalue weighted by atomic mass is 127. The van der Waals surface area contributed by atoms with Gasteiger partial charge in [0, 0.05) is 51.5 Å². The molecule has 0 aromatic heterocycles. The maximum Gasteiger partial charge on any atom is 0.243 e. The van der Waals surface area contributed by atoms with Gasteiger partial charge in [-0.15, -0.1) is 24.0 Å². The van der Waals surface area contributed by atoms with Crippen LogP contribution in [0.3, 0.4) is 0 Å². The van der Waals surface area contributed by atoms with Gasteiger partial charge in [0.05, 0.1) is 0 Å². The van der Waals surface area contributed by atoms with Gasteiger partial charge in [-0.3, -0.25) is 9.69 Å². The predicted octanol–water partition coefficient (Wildman–Crippen LogP) is 2.38. The number of likely N-dealkylation sites (N-methyl/N-ethyl adjacent to an activating group) is 2. The van der Waals surface area contributed by atoms with Crippen LogP contribution in [0.25, 0.3) is 0 Å². The van der Waals surface area contributed by atoms with E-state index in [0.717, 1.165) is 45.0 Å². The van der Waals surface area contributed by atoms with Crippen LogP contribution >= 0.6 is 24.0 Å². The molecule has 2 saturated heterocycles. The van der Waals surface area contributed by atoms with E-state index in [0.29, 0.717) is 12.1 Å². The Morgan fingerprint density at radius 2 is 1.84 bits per heavy atom. The smallest absolute Gasteiger partial charge is 0.243 e. The number of aliphatic imine (C=N–C) groups is 1. The number of likely N-dealkylation sites (tertiary alicyclic amines) is 1. The van der Waals surface area contributed by atoms with Crippen LogP contribution in [0.15, 0.2) is 35.3 Å². The minimum absolute atomic E-state index is 0. The number of carbonyl (C=O) groups is 1. The highest BCUT2D eigenvalue weighted by molar-refractivity contribution is 14.0. The molecule has 2 aliphatic rings. The molecule has 0 aliphatic carbocycles. The van der Waals surface area contributed by atoms with Crippen molar-refractivity contribution in [2.24, 2.45) is 4.99 Å². The molecule has 0 spiro atoms. The van der Waals surface area contributed by atoms with E-state index in [1.165, 1.54) is 25.1 Å². The van der Waals surface area contributed by atoms with Crippen molar-refractivity contribution in [1.29, 1.82) is 0 Å². The highest BCUT2D eigenvalue weighted by Gasteiger charge is 2.24. The van der Waals surface area contributed by atoms with E-state index in [9.17, 15) is 4.79 Å². The number of anilines is 1. The number of carbonyl (C=O) groups excluding carboxylic acids is 1. The predicted molar refractivity (Wildman–Crippen MR) is 139 cm³/mol. The second-order valence-electron chi connectivity index (χ2n) is 8.50. The van der Waals surface area contributed by atoms with E-state index < -0.39 is 0 Å². The first-order chi connectivity index (χ1) is 14.6. The van der Waals surface area contributed by atoms with Gasteiger partial charge in [0.25, 0.3) is 0 Å². The second-order valence-corrected chi connectivity index (χ2v) is 8.50. The number of amides is 1. The molecule has 1 aromatic carbocycles. The van der Waals surface area contributed by atoms with Gasteiger partial charge in [-0.2, -0.15) is 0 Å². The van der Waals surface area contributed by atoms with Gasteiger partial charge in [0.1, 0.15) is 6.54 Å². The van der Waals surface area contributed by atoms with Crippen molar-refractivity contribution >= 4 is 41.5 Å². The van der Waals surface area contributed by atoms with Crippen LogP contribution in [0, 0.1) is 0 Å². The molecule has 2 aliphatic heterocycles. The Hall–Kier alpha value is -1.55. The van der Waals surface area contributed by atoms with E-state index in [-0.39, 0.29) is 36.4 Å². The molecule has 7 nitrogen and oxygen atoms in total. The van der Waals surface area contributed by atoms with Crippen molar-refractivity contribution < 1.29 is 4.79 Å². The number of nitrogens with one attached hydrogen (secondary N) is 2. The molecule has 0 radical (unpaired) electrons. The first kappa shape index (κ1) is 25.7. The number of guanidine groups is 1. The monoisotopic (exact) mass is 542 g/mol. The maximum absolute atomic E-state index is 12.0. The third-order valence-electron chi connectivity index (χ3n) is 6.24. The topological polar surface area (TPSA) is 63.2 Å². The fourth-order valence-electron chi connectivity index (χ4n) is 4.31. The lowest BCUT2D eigenvalue weighted by Crippen LogP contribution is -2.51. The fourth-order valence-corrected chi connectivity index (χ4v) is 4.31. The van der Waals surface area contributed by atoms with Crippen molar-refractivity contribution in [3.63, 3.8) is 0 Å². The lowest BCUT2D eigenvalue weighted by atomic mass is 10.0. The van der Waals surface area contributed by atoms with Crippen LogP contribution in [-0.4, -0.2) is 87.1 Å². The Morgan fingerprint density at radius 1 is 1.13 bits per heavy atom. The van der Waals surface area contributed by atoms with Crippen molar-refractivity contribution in [3.8, 4) is 0 Å². The summed E-state index contributed by atoms with van der Waals surface area (Å²) in [4.78, 5) is 23.2. The molecule has 2 fully saturated rings. The third-order valence-corrected chi connectivity index (χ3v) is 6.24. The molecule has 174 valence electrons. The van der Waals surface area contributed by atoms with Crippen LogP contribution in [0.2, 0.25) is 0 Å². The minimum Gasteiger partial charge on any atom is -0.371 e. The van der Waals surface area contributed by atoms with Crippen molar-refractivity contribution in [1.82, 2.24) is 20.4 Å².